The average molecular weight is 344 g/mol. The van der Waals surface area contributed by atoms with Gasteiger partial charge in [-0.1, -0.05) is 43.2 Å². The molecule has 0 saturated heterocycles. The third-order valence-electron chi connectivity index (χ3n) is 5.49. The summed E-state index contributed by atoms with van der Waals surface area (Å²) in [6.45, 7) is 0. The van der Waals surface area contributed by atoms with Crippen molar-refractivity contribution in [3.8, 4) is 0 Å². The first-order valence-electron chi connectivity index (χ1n) is 9.33. The van der Waals surface area contributed by atoms with Crippen LogP contribution in [-0.2, 0) is 20.7 Å². The molecular weight excluding hydrogens is 316 g/mol. The zero-order valence-corrected chi connectivity index (χ0v) is 14.9. The Kier molecular flexibility index (Phi) is 5.79. The van der Waals surface area contributed by atoms with Gasteiger partial charge in [0.25, 0.3) is 0 Å². The van der Waals surface area contributed by atoms with Crippen molar-refractivity contribution in [1.82, 2.24) is 0 Å². The molecule has 1 saturated carbocycles. The Labute approximate surface area is 149 Å². The standard InChI is InChI=1S/C21H28O4/c1-24-20(23)21(15-16-9-4-2-5-10-16)14-8-13-19(21)25-18-12-7-3-6-11-17(18)22/h2,4-5,9-10,13,17-18,22H,3,6-8,11-12,14-15H2,1H3/t17-,18-,21-/m1/s1. The molecule has 0 heterocycles. The first-order chi connectivity index (χ1) is 12.2. The van der Waals surface area contributed by atoms with E-state index in [-0.39, 0.29) is 12.1 Å². The van der Waals surface area contributed by atoms with Crippen LogP contribution in [0.2, 0.25) is 0 Å². The number of aliphatic hydroxyl groups excluding tert-OH is 1. The summed E-state index contributed by atoms with van der Waals surface area (Å²) in [7, 11) is 1.44. The van der Waals surface area contributed by atoms with Crippen molar-refractivity contribution in [1.29, 1.82) is 0 Å². The van der Waals surface area contributed by atoms with Crippen LogP contribution in [0, 0.1) is 5.41 Å². The molecule has 3 atom stereocenters. The predicted octanol–water partition coefficient (Wildman–Crippen LogP) is 3.78. The Morgan fingerprint density at radius 2 is 1.96 bits per heavy atom. The number of methoxy groups -OCH3 is 1. The minimum absolute atomic E-state index is 0.230. The molecule has 1 aromatic rings. The van der Waals surface area contributed by atoms with Crippen LogP contribution in [0.15, 0.2) is 42.2 Å². The zero-order chi connectivity index (χ0) is 17.7. The number of carbonyl (C=O) groups is 1. The first-order valence-corrected chi connectivity index (χ1v) is 9.33. The lowest BCUT2D eigenvalue weighted by Gasteiger charge is -2.33. The summed E-state index contributed by atoms with van der Waals surface area (Å²) < 4.78 is 11.4. The highest BCUT2D eigenvalue weighted by atomic mass is 16.5. The maximum Gasteiger partial charge on any atom is 0.319 e. The van der Waals surface area contributed by atoms with Crippen LogP contribution in [0.4, 0.5) is 0 Å². The van der Waals surface area contributed by atoms with Crippen LogP contribution in [0.5, 0.6) is 0 Å². The smallest absolute Gasteiger partial charge is 0.319 e. The maximum absolute atomic E-state index is 12.7. The van der Waals surface area contributed by atoms with E-state index in [4.69, 9.17) is 9.47 Å². The lowest BCUT2D eigenvalue weighted by Crippen LogP contribution is -2.38. The third kappa shape index (κ3) is 3.90. The SMILES string of the molecule is COC(=O)[C@@]1(Cc2ccccc2)CCC=C1O[C@@H]1CCCCC[C@H]1O. The van der Waals surface area contributed by atoms with E-state index in [0.717, 1.165) is 44.1 Å². The van der Waals surface area contributed by atoms with Crippen molar-refractivity contribution in [2.24, 2.45) is 5.41 Å². The number of esters is 1. The maximum atomic E-state index is 12.7. The van der Waals surface area contributed by atoms with Gasteiger partial charge >= 0.3 is 5.97 Å². The topological polar surface area (TPSA) is 55.8 Å². The van der Waals surface area contributed by atoms with Gasteiger partial charge in [0.2, 0.25) is 0 Å². The number of hydrogen-bond donors (Lipinski definition) is 1. The normalized spacial score (nSPS) is 29.6. The fourth-order valence-corrected chi connectivity index (χ4v) is 4.07. The minimum Gasteiger partial charge on any atom is -0.491 e. The molecule has 1 fully saturated rings. The molecule has 1 aromatic carbocycles. The Morgan fingerprint density at radius 3 is 2.72 bits per heavy atom. The predicted molar refractivity (Wildman–Crippen MR) is 95.9 cm³/mol. The Morgan fingerprint density at radius 1 is 1.20 bits per heavy atom. The van der Waals surface area contributed by atoms with Gasteiger partial charge in [0.15, 0.2) is 0 Å². The first kappa shape index (κ1) is 18.0. The summed E-state index contributed by atoms with van der Waals surface area (Å²) in [5, 5.41) is 10.4. The van der Waals surface area contributed by atoms with Gasteiger partial charge < -0.3 is 14.6 Å². The van der Waals surface area contributed by atoms with E-state index in [2.05, 4.69) is 0 Å². The number of rotatable bonds is 5. The number of benzene rings is 1. The molecule has 0 spiro atoms. The summed E-state index contributed by atoms with van der Waals surface area (Å²) in [6, 6.07) is 9.99. The summed E-state index contributed by atoms with van der Waals surface area (Å²) in [5.74, 6) is 0.442. The second kappa shape index (κ2) is 8.05. The second-order valence-corrected chi connectivity index (χ2v) is 7.20. The van der Waals surface area contributed by atoms with E-state index in [1.165, 1.54) is 7.11 Å². The van der Waals surface area contributed by atoms with Crippen molar-refractivity contribution in [3.05, 3.63) is 47.7 Å². The molecule has 1 N–H and O–H groups in total. The van der Waals surface area contributed by atoms with Gasteiger partial charge in [0, 0.05) is 0 Å². The Hall–Kier alpha value is -1.81. The van der Waals surface area contributed by atoms with E-state index in [1.54, 1.807) is 0 Å². The molecule has 25 heavy (non-hydrogen) atoms. The Balaban J connectivity index is 1.83. The quantitative estimate of drug-likeness (QED) is 0.652. The molecule has 2 aliphatic carbocycles. The molecule has 0 amide bonds. The molecule has 136 valence electrons. The summed E-state index contributed by atoms with van der Waals surface area (Å²) in [5.41, 5.74) is 0.313. The fraction of sp³-hybridized carbons (Fsp3) is 0.571. The van der Waals surface area contributed by atoms with E-state index < -0.39 is 11.5 Å². The molecule has 2 aliphatic rings. The molecule has 0 radical (unpaired) electrons. The summed E-state index contributed by atoms with van der Waals surface area (Å²) in [4.78, 5) is 12.7. The van der Waals surface area contributed by atoms with E-state index in [0.29, 0.717) is 18.6 Å². The number of allylic oxidation sites excluding steroid dienone is 1. The highest BCUT2D eigenvalue weighted by Crippen LogP contribution is 2.45. The van der Waals surface area contributed by atoms with Gasteiger partial charge in [0.1, 0.15) is 17.3 Å². The van der Waals surface area contributed by atoms with Crippen molar-refractivity contribution in [3.63, 3.8) is 0 Å². The minimum atomic E-state index is -0.776. The van der Waals surface area contributed by atoms with Crippen LogP contribution in [0.1, 0.15) is 50.5 Å². The van der Waals surface area contributed by atoms with Crippen LogP contribution < -0.4 is 0 Å². The highest BCUT2D eigenvalue weighted by molar-refractivity contribution is 5.81. The van der Waals surface area contributed by atoms with Crippen LogP contribution in [0.3, 0.4) is 0 Å². The molecule has 0 bridgehead atoms. The van der Waals surface area contributed by atoms with Gasteiger partial charge in [-0.05, 0) is 50.2 Å². The Bertz CT molecular complexity index is 610. The molecule has 0 aliphatic heterocycles. The van der Waals surface area contributed by atoms with Crippen LogP contribution in [-0.4, -0.2) is 30.4 Å². The molecule has 0 unspecified atom stereocenters. The van der Waals surface area contributed by atoms with Crippen molar-refractivity contribution in [2.45, 2.75) is 63.6 Å². The number of aliphatic hydroxyl groups is 1. The second-order valence-electron chi connectivity index (χ2n) is 7.20. The van der Waals surface area contributed by atoms with Gasteiger partial charge in [-0.25, -0.2) is 0 Å². The summed E-state index contributed by atoms with van der Waals surface area (Å²) >= 11 is 0. The molecule has 4 nitrogen and oxygen atoms in total. The largest absolute Gasteiger partial charge is 0.491 e. The molecular formula is C21H28O4. The van der Waals surface area contributed by atoms with Gasteiger partial charge in [-0.2, -0.15) is 0 Å². The van der Waals surface area contributed by atoms with Crippen molar-refractivity contribution >= 4 is 5.97 Å². The zero-order valence-electron chi connectivity index (χ0n) is 14.9. The fourth-order valence-electron chi connectivity index (χ4n) is 4.07. The lowest BCUT2D eigenvalue weighted by molar-refractivity contribution is -0.154. The van der Waals surface area contributed by atoms with E-state index >= 15 is 0 Å². The highest BCUT2D eigenvalue weighted by Gasteiger charge is 2.48. The molecule has 4 heteroatoms. The number of ether oxygens (including phenoxy) is 2. The molecule has 0 aromatic heterocycles. The van der Waals surface area contributed by atoms with Gasteiger partial charge in [0.05, 0.1) is 13.2 Å². The molecule has 3 rings (SSSR count). The number of hydrogen-bond acceptors (Lipinski definition) is 4. The van der Waals surface area contributed by atoms with Gasteiger partial charge in [-0.15, -0.1) is 0 Å². The number of carbonyl (C=O) groups excluding carboxylic acids is 1. The van der Waals surface area contributed by atoms with Crippen molar-refractivity contribution in [2.75, 3.05) is 7.11 Å². The van der Waals surface area contributed by atoms with Gasteiger partial charge in [-0.3, -0.25) is 4.79 Å². The average Bonchev–Trinajstić information content (AvgIpc) is 2.91. The monoisotopic (exact) mass is 344 g/mol. The van der Waals surface area contributed by atoms with Crippen LogP contribution in [0.25, 0.3) is 0 Å². The lowest BCUT2D eigenvalue weighted by atomic mass is 9.79. The van der Waals surface area contributed by atoms with Crippen LogP contribution >= 0.6 is 0 Å². The van der Waals surface area contributed by atoms with E-state index in [9.17, 15) is 9.90 Å². The summed E-state index contributed by atoms with van der Waals surface area (Å²) in [6.07, 6.45) is 8.18. The van der Waals surface area contributed by atoms with E-state index in [1.807, 2.05) is 36.4 Å². The third-order valence-corrected chi connectivity index (χ3v) is 5.49. The van der Waals surface area contributed by atoms with Crippen molar-refractivity contribution < 1.29 is 19.4 Å².